The molecule has 2 aromatic rings. The van der Waals surface area contributed by atoms with Gasteiger partial charge in [-0.2, -0.15) is 23.9 Å². The van der Waals surface area contributed by atoms with E-state index in [4.69, 9.17) is 0 Å². The molecule has 0 amide bonds. The number of benzene rings is 1. The van der Waals surface area contributed by atoms with Crippen molar-refractivity contribution in [3.63, 3.8) is 0 Å². The summed E-state index contributed by atoms with van der Waals surface area (Å²) in [5, 5.41) is 2.66. The smallest absolute Gasteiger partial charge is 1.00 e. The Labute approximate surface area is 122 Å². The molecule has 88 valence electrons. The van der Waals surface area contributed by atoms with Crippen LogP contribution in [0.2, 0.25) is 0 Å². The second-order valence-electron chi connectivity index (χ2n) is 3.01. The largest absolute Gasteiger partial charge is 4.00 e. The van der Waals surface area contributed by atoms with Crippen molar-refractivity contribution in [2.24, 2.45) is 0 Å². The first kappa shape index (κ1) is 21.3. The van der Waals surface area contributed by atoms with Crippen molar-refractivity contribution in [2.45, 2.75) is 19.8 Å². The minimum atomic E-state index is 0. The van der Waals surface area contributed by atoms with Crippen molar-refractivity contribution in [3.05, 3.63) is 49.4 Å². The van der Waals surface area contributed by atoms with Crippen molar-refractivity contribution >= 4 is 10.8 Å². The van der Waals surface area contributed by atoms with Crippen LogP contribution in [0.4, 0.5) is 0 Å². The van der Waals surface area contributed by atoms with E-state index >= 15 is 0 Å². The second-order valence-corrected chi connectivity index (χ2v) is 3.01. The Morgan fingerprint density at radius 1 is 1.12 bits per heavy atom. The van der Waals surface area contributed by atoms with Crippen molar-refractivity contribution in [3.8, 4) is 0 Å². The summed E-state index contributed by atoms with van der Waals surface area (Å²) < 4.78 is 0. The summed E-state index contributed by atoms with van der Waals surface area (Å²) >= 11 is 0. The van der Waals surface area contributed by atoms with Crippen molar-refractivity contribution in [1.82, 2.24) is 0 Å². The Morgan fingerprint density at radius 3 is 2.19 bits per heavy atom. The predicted molar refractivity (Wildman–Crippen MR) is 59.8 cm³/mol. The third-order valence-electron chi connectivity index (χ3n) is 1.90. The number of rotatable bonds is 1. The van der Waals surface area contributed by atoms with Crippen molar-refractivity contribution in [1.29, 1.82) is 0 Å². The summed E-state index contributed by atoms with van der Waals surface area (Å²) in [6, 6.07) is 14.7. The van der Waals surface area contributed by atoms with E-state index in [1.807, 2.05) is 0 Å². The summed E-state index contributed by atoms with van der Waals surface area (Å²) in [4.78, 5) is 0. The molecule has 2 rings (SSSR count). The van der Waals surface area contributed by atoms with Gasteiger partial charge in [0.2, 0.25) is 0 Å². The third kappa shape index (κ3) is 7.25. The van der Waals surface area contributed by atoms with E-state index in [1.54, 1.807) is 0 Å². The van der Waals surface area contributed by atoms with E-state index < -0.39 is 0 Å². The van der Waals surface area contributed by atoms with Crippen LogP contribution < -0.4 is 24.8 Å². The number of fused-ring (bicyclic) bond motifs is 1. The molecule has 0 heterocycles. The Morgan fingerprint density at radius 2 is 1.69 bits per heavy atom. The maximum absolute atomic E-state index is 3.60. The molecule has 0 aliphatic rings. The van der Waals surface area contributed by atoms with Gasteiger partial charge < -0.3 is 31.7 Å². The maximum Gasteiger partial charge on any atom is 4.00 e. The van der Waals surface area contributed by atoms with Gasteiger partial charge in [-0.15, -0.1) is 29.7 Å². The van der Waals surface area contributed by atoms with Crippen LogP contribution in [0.1, 0.15) is 19.8 Å². The standard InChI is InChI=1S/C9H7.C4H9.2ClH.Cr/c1-2-5-9-7-3-6-8(9)4-1;1-3-4-2;;;/h1-7H;1,3-4H2,2H3;2*1H;/q2*-1;;;+4/p-2. The average Bonchev–Trinajstić information content (AvgIpc) is 2.66. The summed E-state index contributed by atoms with van der Waals surface area (Å²) in [5.74, 6) is 0. The van der Waals surface area contributed by atoms with Gasteiger partial charge in [0.25, 0.3) is 0 Å². The van der Waals surface area contributed by atoms with Crippen molar-refractivity contribution in [2.75, 3.05) is 0 Å². The minimum Gasteiger partial charge on any atom is -1.00 e. The zero-order chi connectivity index (χ0) is 9.52. The van der Waals surface area contributed by atoms with Gasteiger partial charge in [-0.05, 0) is 0 Å². The molecule has 0 atom stereocenters. The molecule has 0 bridgehead atoms. The Balaban J connectivity index is -0.000000218. The molecule has 0 saturated carbocycles. The summed E-state index contributed by atoms with van der Waals surface area (Å²) in [7, 11) is 0. The van der Waals surface area contributed by atoms with Crippen LogP contribution in [0, 0.1) is 6.92 Å². The van der Waals surface area contributed by atoms with Crippen LogP contribution in [0.15, 0.2) is 42.5 Å². The Kier molecular flexibility index (Phi) is 17.3. The molecule has 0 radical (unpaired) electrons. The number of hydrogen-bond acceptors (Lipinski definition) is 0. The van der Waals surface area contributed by atoms with Crippen molar-refractivity contribution < 1.29 is 42.2 Å². The molecule has 0 spiro atoms. The van der Waals surface area contributed by atoms with Gasteiger partial charge in [0.1, 0.15) is 0 Å². The molecule has 16 heavy (non-hydrogen) atoms. The first-order valence-corrected chi connectivity index (χ1v) is 4.78. The van der Waals surface area contributed by atoms with Crippen LogP contribution in [0.5, 0.6) is 0 Å². The predicted octanol–water partition coefficient (Wildman–Crippen LogP) is -1.82. The molecule has 0 aliphatic heterocycles. The van der Waals surface area contributed by atoms with Gasteiger partial charge in [-0.3, -0.25) is 0 Å². The fraction of sp³-hybridized carbons (Fsp3) is 0.231. The fourth-order valence-electron chi connectivity index (χ4n) is 1.07. The zero-order valence-electron chi connectivity index (χ0n) is 9.33. The molecule has 0 nitrogen and oxygen atoms in total. The SMILES string of the molecule is [CH2-]CCC.[Cl-].[Cl-].[Cr+4].c1ccc2[cH-]ccc2c1. The van der Waals surface area contributed by atoms with E-state index in [2.05, 4.69) is 56.3 Å². The first-order valence-electron chi connectivity index (χ1n) is 4.78. The van der Waals surface area contributed by atoms with E-state index in [0.29, 0.717) is 0 Å². The molecule has 0 N–H and O–H groups in total. The van der Waals surface area contributed by atoms with E-state index in [0.717, 1.165) is 6.42 Å². The van der Waals surface area contributed by atoms with Gasteiger partial charge in [0.15, 0.2) is 0 Å². The third-order valence-corrected chi connectivity index (χ3v) is 1.90. The van der Waals surface area contributed by atoms with Crippen LogP contribution in [0.3, 0.4) is 0 Å². The zero-order valence-corrected chi connectivity index (χ0v) is 12.1. The number of halogens is 2. The molecule has 0 aromatic heterocycles. The number of hydrogen-bond donors (Lipinski definition) is 0. The Bertz CT molecular complexity index is 312. The topological polar surface area (TPSA) is 0 Å². The van der Waals surface area contributed by atoms with E-state index in [-0.39, 0.29) is 42.2 Å². The van der Waals surface area contributed by atoms with Crippen LogP contribution >= 0.6 is 0 Å². The molecule has 0 saturated heterocycles. The van der Waals surface area contributed by atoms with Gasteiger partial charge in [-0.1, -0.05) is 19.4 Å². The molecule has 0 unspecified atom stereocenters. The van der Waals surface area contributed by atoms with Gasteiger partial charge >= 0.3 is 17.4 Å². The van der Waals surface area contributed by atoms with Crippen LogP contribution in [0.25, 0.3) is 10.8 Å². The molecule has 0 fully saturated rings. The maximum atomic E-state index is 3.60. The summed E-state index contributed by atoms with van der Waals surface area (Å²) in [6.07, 6.45) is 2.28. The summed E-state index contributed by atoms with van der Waals surface area (Å²) in [5.41, 5.74) is 0. The normalized spacial score (nSPS) is 7.62. The quantitative estimate of drug-likeness (QED) is 0.544. The average molecular weight is 295 g/mol. The number of unbranched alkanes of at least 4 members (excludes halogenated alkanes) is 1. The monoisotopic (exact) mass is 294 g/mol. The summed E-state index contributed by atoms with van der Waals surface area (Å²) in [6.45, 7) is 5.72. The first-order chi connectivity index (χ1) is 6.38. The van der Waals surface area contributed by atoms with E-state index in [9.17, 15) is 0 Å². The Hall–Kier alpha value is -0.0575. The van der Waals surface area contributed by atoms with E-state index in [1.165, 1.54) is 17.2 Å². The molecule has 0 aliphatic carbocycles. The molecule has 2 aromatic carbocycles. The fourth-order valence-corrected chi connectivity index (χ4v) is 1.07. The van der Waals surface area contributed by atoms with Gasteiger partial charge in [0.05, 0.1) is 0 Å². The second kappa shape index (κ2) is 13.0. The molecule has 3 heteroatoms. The van der Waals surface area contributed by atoms with Crippen LogP contribution in [-0.4, -0.2) is 0 Å². The molecular formula is C13H16Cl2Cr. The minimum absolute atomic E-state index is 0. The van der Waals surface area contributed by atoms with Gasteiger partial charge in [0, 0.05) is 0 Å². The molecular weight excluding hydrogens is 279 g/mol. The van der Waals surface area contributed by atoms with Crippen LogP contribution in [-0.2, 0) is 17.4 Å². The van der Waals surface area contributed by atoms with Gasteiger partial charge in [-0.25, -0.2) is 0 Å².